The Morgan fingerprint density at radius 3 is 2.40 bits per heavy atom. The molecular weight excluding hydrogens is 182 g/mol. The van der Waals surface area contributed by atoms with E-state index in [0.717, 1.165) is 12.5 Å². The molecule has 0 aromatic heterocycles. The van der Waals surface area contributed by atoms with Crippen molar-refractivity contribution in [3.8, 4) is 0 Å². The lowest BCUT2D eigenvalue weighted by atomic mass is 9.82. The van der Waals surface area contributed by atoms with Gasteiger partial charge in [0.25, 0.3) is 0 Å². The van der Waals surface area contributed by atoms with Crippen molar-refractivity contribution < 1.29 is 0 Å². The van der Waals surface area contributed by atoms with Crippen LogP contribution in [0.3, 0.4) is 0 Å². The molecule has 1 heteroatoms. The summed E-state index contributed by atoms with van der Waals surface area (Å²) in [5, 5.41) is 3.50. The molecule has 1 N–H and O–H groups in total. The molecule has 0 spiro atoms. The Morgan fingerprint density at radius 1 is 1.13 bits per heavy atom. The Balaban J connectivity index is 2.27. The molecule has 1 aliphatic heterocycles. The van der Waals surface area contributed by atoms with E-state index in [0.29, 0.717) is 5.92 Å². The monoisotopic (exact) mass is 203 g/mol. The molecule has 1 aromatic carbocycles. The standard InChI is InChI=1S/C14H21N/c1-10-6-11(2)8-13(7-10)14-9-15-5-4-12(14)3/h6-8,12,14-15H,4-5,9H2,1-3H3. The fourth-order valence-corrected chi connectivity index (χ4v) is 2.66. The highest BCUT2D eigenvalue weighted by atomic mass is 14.9. The van der Waals surface area contributed by atoms with Gasteiger partial charge in [0.1, 0.15) is 0 Å². The van der Waals surface area contributed by atoms with E-state index >= 15 is 0 Å². The van der Waals surface area contributed by atoms with Crippen LogP contribution in [0.4, 0.5) is 0 Å². The second-order valence-electron chi connectivity index (χ2n) is 5.00. The molecule has 1 aromatic rings. The van der Waals surface area contributed by atoms with E-state index in [1.54, 1.807) is 0 Å². The molecule has 1 aliphatic rings. The quantitative estimate of drug-likeness (QED) is 0.740. The predicted molar refractivity (Wildman–Crippen MR) is 65.3 cm³/mol. The Labute approximate surface area is 92.9 Å². The minimum atomic E-state index is 0.706. The van der Waals surface area contributed by atoms with E-state index in [2.05, 4.69) is 44.3 Å². The molecule has 1 fully saturated rings. The molecule has 2 rings (SSSR count). The van der Waals surface area contributed by atoms with E-state index in [1.165, 1.54) is 29.7 Å². The van der Waals surface area contributed by atoms with Crippen molar-refractivity contribution in [3.05, 3.63) is 34.9 Å². The van der Waals surface area contributed by atoms with Crippen LogP contribution in [0.15, 0.2) is 18.2 Å². The molecule has 1 saturated heterocycles. The summed E-state index contributed by atoms with van der Waals surface area (Å²) in [7, 11) is 0. The maximum Gasteiger partial charge on any atom is 0.00227 e. The SMILES string of the molecule is Cc1cc(C)cc(C2CNCCC2C)c1. The summed E-state index contributed by atoms with van der Waals surface area (Å²) in [6, 6.07) is 6.95. The molecular formula is C14H21N. The number of aryl methyl sites for hydroxylation is 2. The zero-order valence-electron chi connectivity index (χ0n) is 10.0. The molecule has 1 heterocycles. The third-order valence-electron chi connectivity index (χ3n) is 3.50. The van der Waals surface area contributed by atoms with Crippen LogP contribution in [0.1, 0.15) is 36.0 Å². The van der Waals surface area contributed by atoms with Gasteiger partial charge in [0.15, 0.2) is 0 Å². The van der Waals surface area contributed by atoms with Gasteiger partial charge in [-0.2, -0.15) is 0 Å². The molecule has 82 valence electrons. The lowest BCUT2D eigenvalue weighted by molar-refractivity contribution is 0.348. The van der Waals surface area contributed by atoms with E-state index in [9.17, 15) is 0 Å². The first-order chi connectivity index (χ1) is 7.16. The summed E-state index contributed by atoms with van der Waals surface area (Å²) >= 11 is 0. The minimum absolute atomic E-state index is 0.706. The van der Waals surface area contributed by atoms with Gasteiger partial charge in [-0.1, -0.05) is 36.2 Å². The molecule has 0 saturated carbocycles. The van der Waals surface area contributed by atoms with Crippen LogP contribution >= 0.6 is 0 Å². The first kappa shape index (κ1) is 10.7. The summed E-state index contributed by atoms with van der Waals surface area (Å²) in [4.78, 5) is 0. The molecule has 15 heavy (non-hydrogen) atoms. The van der Waals surface area contributed by atoms with Gasteiger partial charge in [-0.15, -0.1) is 0 Å². The van der Waals surface area contributed by atoms with Crippen LogP contribution in [-0.2, 0) is 0 Å². The third kappa shape index (κ3) is 2.40. The highest BCUT2D eigenvalue weighted by Gasteiger charge is 2.22. The van der Waals surface area contributed by atoms with Crippen molar-refractivity contribution in [2.75, 3.05) is 13.1 Å². The smallest absolute Gasteiger partial charge is 0.00227 e. The number of piperidine rings is 1. The Bertz CT molecular complexity index is 323. The number of rotatable bonds is 1. The maximum absolute atomic E-state index is 3.50. The van der Waals surface area contributed by atoms with Gasteiger partial charge in [-0.3, -0.25) is 0 Å². The Morgan fingerprint density at radius 2 is 1.80 bits per heavy atom. The summed E-state index contributed by atoms with van der Waals surface area (Å²) in [6.07, 6.45) is 1.30. The van der Waals surface area contributed by atoms with Crippen LogP contribution in [0.2, 0.25) is 0 Å². The molecule has 2 unspecified atom stereocenters. The van der Waals surface area contributed by atoms with Gasteiger partial charge in [0.2, 0.25) is 0 Å². The summed E-state index contributed by atoms with van der Waals surface area (Å²) < 4.78 is 0. The fraction of sp³-hybridized carbons (Fsp3) is 0.571. The zero-order valence-corrected chi connectivity index (χ0v) is 10.0. The van der Waals surface area contributed by atoms with E-state index in [4.69, 9.17) is 0 Å². The van der Waals surface area contributed by atoms with Crippen molar-refractivity contribution >= 4 is 0 Å². The zero-order chi connectivity index (χ0) is 10.8. The average Bonchev–Trinajstić information content (AvgIpc) is 2.16. The van der Waals surface area contributed by atoms with E-state index in [1.807, 2.05) is 0 Å². The van der Waals surface area contributed by atoms with Gasteiger partial charge in [0.05, 0.1) is 0 Å². The summed E-state index contributed by atoms with van der Waals surface area (Å²) in [5.41, 5.74) is 4.30. The van der Waals surface area contributed by atoms with Crippen LogP contribution in [-0.4, -0.2) is 13.1 Å². The normalized spacial score (nSPS) is 26.6. The fourth-order valence-electron chi connectivity index (χ4n) is 2.66. The number of hydrogen-bond donors (Lipinski definition) is 1. The van der Waals surface area contributed by atoms with Crippen molar-refractivity contribution in [3.63, 3.8) is 0 Å². The van der Waals surface area contributed by atoms with Crippen LogP contribution in [0.5, 0.6) is 0 Å². The number of nitrogens with one attached hydrogen (secondary N) is 1. The van der Waals surface area contributed by atoms with Gasteiger partial charge in [0, 0.05) is 6.54 Å². The summed E-state index contributed by atoms with van der Waals surface area (Å²) in [6.45, 7) is 9.09. The maximum atomic E-state index is 3.50. The van der Waals surface area contributed by atoms with Crippen molar-refractivity contribution in [2.45, 2.75) is 33.1 Å². The molecule has 0 amide bonds. The summed E-state index contributed by atoms with van der Waals surface area (Å²) in [5.74, 6) is 1.52. The molecule has 0 bridgehead atoms. The first-order valence-electron chi connectivity index (χ1n) is 5.96. The first-order valence-corrected chi connectivity index (χ1v) is 5.96. The predicted octanol–water partition coefficient (Wildman–Crippen LogP) is 3.02. The number of hydrogen-bond acceptors (Lipinski definition) is 1. The Kier molecular flexibility index (Phi) is 3.11. The van der Waals surface area contributed by atoms with Crippen molar-refractivity contribution in [1.29, 1.82) is 0 Å². The van der Waals surface area contributed by atoms with Crippen molar-refractivity contribution in [2.24, 2.45) is 5.92 Å². The highest BCUT2D eigenvalue weighted by Crippen LogP contribution is 2.29. The molecule has 0 aliphatic carbocycles. The van der Waals surface area contributed by atoms with E-state index in [-0.39, 0.29) is 0 Å². The van der Waals surface area contributed by atoms with Crippen LogP contribution in [0, 0.1) is 19.8 Å². The third-order valence-corrected chi connectivity index (χ3v) is 3.50. The highest BCUT2D eigenvalue weighted by molar-refractivity contribution is 5.31. The van der Waals surface area contributed by atoms with Gasteiger partial charge < -0.3 is 5.32 Å². The number of benzene rings is 1. The lowest BCUT2D eigenvalue weighted by Gasteiger charge is -2.30. The molecule has 2 atom stereocenters. The van der Waals surface area contributed by atoms with Gasteiger partial charge in [-0.05, 0) is 44.2 Å². The largest absolute Gasteiger partial charge is 0.316 e. The lowest BCUT2D eigenvalue weighted by Crippen LogP contribution is -2.33. The second-order valence-corrected chi connectivity index (χ2v) is 5.00. The van der Waals surface area contributed by atoms with Crippen molar-refractivity contribution in [1.82, 2.24) is 5.32 Å². The van der Waals surface area contributed by atoms with Crippen LogP contribution < -0.4 is 5.32 Å². The van der Waals surface area contributed by atoms with Crippen LogP contribution in [0.25, 0.3) is 0 Å². The van der Waals surface area contributed by atoms with E-state index < -0.39 is 0 Å². The van der Waals surface area contributed by atoms with Gasteiger partial charge >= 0.3 is 0 Å². The second kappa shape index (κ2) is 4.36. The topological polar surface area (TPSA) is 12.0 Å². The van der Waals surface area contributed by atoms with Gasteiger partial charge in [-0.25, -0.2) is 0 Å². The molecule has 0 radical (unpaired) electrons. The average molecular weight is 203 g/mol. The Hall–Kier alpha value is -0.820. The minimum Gasteiger partial charge on any atom is -0.316 e. The molecule has 1 nitrogen and oxygen atoms in total.